The Balaban J connectivity index is 1.48. The number of carbonyl (C=O) groups excluding carboxylic acids is 2. The highest BCUT2D eigenvalue weighted by atomic mass is 35.5. The van der Waals surface area contributed by atoms with Crippen LogP contribution in [-0.2, 0) is 17.8 Å². The number of hydrogen-bond donors (Lipinski definition) is 1. The zero-order chi connectivity index (χ0) is 23.4. The van der Waals surface area contributed by atoms with Gasteiger partial charge in [-0.05, 0) is 73.5 Å². The molecule has 4 rings (SSSR count). The van der Waals surface area contributed by atoms with E-state index in [2.05, 4.69) is 5.32 Å². The molecule has 170 valence electrons. The van der Waals surface area contributed by atoms with Crippen LogP contribution in [0.1, 0.15) is 28.4 Å². The summed E-state index contributed by atoms with van der Waals surface area (Å²) in [5, 5.41) is 3.47. The molecule has 0 spiro atoms. The van der Waals surface area contributed by atoms with E-state index >= 15 is 0 Å². The van der Waals surface area contributed by atoms with Gasteiger partial charge in [-0.2, -0.15) is 0 Å². The highest BCUT2D eigenvalue weighted by molar-refractivity contribution is 6.30. The monoisotopic (exact) mass is 464 g/mol. The lowest BCUT2D eigenvalue weighted by Crippen LogP contribution is -2.39. The van der Waals surface area contributed by atoms with Crippen molar-refractivity contribution in [1.82, 2.24) is 4.90 Å². The SMILES string of the molecule is COc1ccc(CCN2Cc3cc(NC(=O)c4ccc(Cl)cc4)ccc3OC(C)C2=O)cc1. The normalized spacial score (nSPS) is 15.3. The molecule has 0 saturated carbocycles. The molecule has 1 aliphatic heterocycles. The number of carbonyl (C=O) groups is 2. The van der Waals surface area contributed by atoms with Gasteiger partial charge in [0.05, 0.1) is 7.11 Å². The number of ether oxygens (including phenoxy) is 2. The zero-order valence-electron chi connectivity index (χ0n) is 18.5. The average molecular weight is 465 g/mol. The van der Waals surface area contributed by atoms with Gasteiger partial charge in [-0.15, -0.1) is 0 Å². The summed E-state index contributed by atoms with van der Waals surface area (Å²) in [6, 6.07) is 19.9. The largest absolute Gasteiger partial charge is 0.497 e. The van der Waals surface area contributed by atoms with Crippen molar-refractivity contribution >= 4 is 29.1 Å². The molecule has 1 N–H and O–H groups in total. The Morgan fingerprint density at radius 1 is 1.12 bits per heavy atom. The van der Waals surface area contributed by atoms with E-state index in [0.717, 1.165) is 16.9 Å². The molecule has 2 amide bonds. The fraction of sp³-hybridized carbons (Fsp3) is 0.231. The molecule has 7 heteroatoms. The maximum absolute atomic E-state index is 12.9. The van der Waals surface area contributed by atoms with E-state index < -0.39 is 6.10 Å². The molecule has 0 aliphatic carbocycles. The predicted octanol–water partition coefficient (Wildman–Crippen LogP) is 4.95. The van der Waals surface area contributed by atoms with Gasteiger partial charge in [-0.25, -0.2) is 0 Å². The van der Waals surface area contributed by atoms with Crippen molar-refractivity contribution in [3.05, 3.63) is 88.4 Å². The Bertz CT molecular complexity index is 1150. The molecular weight excluding hydrogens is 440 g/mol. The fourth-order valence-electron chi connectivity index (χ4n) is 3.73. The van der Waals surface area contributed by atoms with E-state index in [-0.39, 0.29) is 11.8 Å². The molecule has 1 atom stereocenters. The first-order valence-corrected chi connectivity index (χ1v) is 11.1. The lowest BCUT2D eigenvalue weighted by atomic mass is 10.1. The standard InChI is InChI=1S/C26H25ClN2O4/c1-17-26(31)29(14-13-18-3-10-23(32-2)11-4-18)16-20-15-22(9-12-24(20)33-17)28-25(30)19-5-7-21(27)8-6-19/h3-12,15,17H,13-14,16H2,1-2H3,(H,28,30). The van der Waals surface area contributed by atoms with Gasteiger partial charge in [0, 0.05) is 34.9 Å². The summed E-state index contributed by atoms with van der Waals surface area (Å²) in [6.45, 7) is 2.72. The van der Waals surface area contributed by atoms with Gasteiger partial charge in [-0.1, -0.05) is 23.7 Å². The Morgan fingerprint density at radius 2 is 1.85 bits per heavy atom. The Kier molecular flexibility index (Phi) is 6.84. The quantitative estimate of drug-likeness (QED) is 0.560. The van der Waals surface area contributed by atoms with Gasteiger partial charge >= 0.3 is 0 Å². The molecule has 3 aromatic rings. The van der Waals surface area contributed by atoms with Gasteiger partial charge in [0.1, 0.15) is 11.5 Å². The summed E-state index contributed by atoms with van der Waals surface area (Å²) in [6.07, 6.45) is 0.127. The van der Waals surface area contributed by atoms with Crippen LogP contribution in [-0.4, -0.2) is 36.5 Å². The molecule has 0 radical (unpaired) electrons. The molecule has 1 heterocycles. The first kappa shape index (κ1) is 22.7. The minimum Gasteiger partial charge on any atom is -0.497 e. The molecular formula is C26H25ClN2O4. The minimum atomic E-state index is -0.586. The first-order chi connectivity index (χ1) is 15.9. The molecule has 3 aromatic carbocycles. The topological polar surface area (TPSA) is 67.9 Å². The van der Waals surface area contributed by atoms with Crippen LogP contribution in [0.2, 0.25) is 5.02 Å². The number of benzene rings is 3. The van der Waals surface area contributed by atoms with E-state index in [9.17, 15) is 9.59 Å². The van der Waals surface area contributed by atoms with Crippen molar-refractivity contribution in [1.29, 1.82) is 0 Å². The number of anilines is 1. The van der Waals surface area contributed by atoms with Gasteiger partial charge in [0.2, 0.25) is 0 Å². The van der Waals surface area contributed by atoms with Crippen molar-refractivity contribution in [3.8, 4) is 11.5 Å². The van der Waals surface area contributed by atoms with Crippen LogP contribution in [0.3, 0.4) is 0 Å². The highest BCUT2D eigenvalue weighted by Crippen LogP contribution is 2.29. The van der Waals surface area contributed by atoms with Crippen LogP contribution < -0.4 is 14.8 Å². The Morgan fingerprint density at radius 3 is 2.55 bits per heavy atom. The maximum Gasteiger partial charge on any atom is 0.263 e. The van der Waals surface area contributed by atoms with E-state index in [0.29, 0.717) is 41.5 Å². The number of nitrogens with one attached hydrogen (secondary N) is 1. The third kappa shape index (κ3) is 5.46. The molecule has 33 heavy (non-hydrogen) atoms. The van der Waals surface area contributed by atoms with Crippen LogP contribution in [0, 0.1) is 0 Å². The molecule has 6 nitrogen and oxygen atoms in total. The third-order valence-corrected chi connectivity index (χ3v) is 5.83. The van der Waals surface area contributed by atoms with Crippen LogP contribution in [0.15, 0.2) is 66.7 Å². The van der Waals surface area contributed by atoms with Crippen LogP contribution in [0.4, 0.5) is 5.69 Å². The average Bonchev–Trinajstić information content (AvgIpc) is 2.94. The second-order valence-electron chi connectivity index (χ2n) is 7.90. The van der Waals surface area contributed by atoms with Gasteiger partial charge in [-0.3, -0.25) is 9.59 Å². The summed E-state index contributed by atoms with van der Waals surface area (Å²) in [7, 11) is 1.63. The highest BCUT2D eigenvalue weighted by Gasteiger charge is 2.28. The Labute approximate surface area is 198 Å². The fourth-order valence-corrected chi connectivity index (χ4v) is 3.85. The van der Waals surface area contributed by atoms with E-state index in [1.807, 2.05) is 30.3 Å². The first-order valence-electron chi connectivity index (χ1n) is 10.7. The van der Waals surface area contributed by atoms with Crippen LogP contribution >= 0.6 is 11.6 Å². The Hall–Kier alpha value is -3.51. The van der Waals surface area contributed by atoms with Gasteiger partial charge < -0.3 is 19.7 Å². The number of fused-ring (bicyclic) bond motifs is 1. The molecule has 1 aliphatic rings. The van der Waals surface area contributed by atoms with Crippen molar-refractivity contribution < 1.29 is 19.1 Å². The number of halogens is 1. The number of amides is 2. The summed E-state index contributed by atoms with van der Waals surface area (Å²) in [5.41, 5.74) is 3.10. The zero-order valence-corrected chi connectivity index (χ0v) is 19.3. The van der Waals surface area contributed by atoms with Crippen molar-refractivity contribution in [2.24, 2.45) is 0 Å². The molecule has 0 fully saturated rings. The van der Waals surface area contributed by atoms with Crippen molar-refractivity contribution in [3.63, 3.8) is 0 Å². The van der Waals surface area contributed by atoms with E-state index in [1.165, 1.54) is 0 Å². The predicted molar refractivity (Wildman–Crippen MR) is 128 cm³/mol. The third-order valence-electron chi connectivity index (χ3n) is 5.58. The summed E-state index contributed by atoms with van der Waals surface area (Å²) >= 11 is 5.90. The number of methoxy groups -OCH3 is 1. The van der Waals surface area contributed by atoms with Crippen molar-refractivity contribution in [2.45, 2.75) is 26.0 Å². The summed E-state index contributed by atoms with van der Waals surface area (Å²) in [5.74, 6) is 1.15. The lowest BCUT2D eigenvalue weighted by molar-refractivity contribution is -0.137. The minimum absolute atomic E-state index is 0.0635. The maximum atomic E-state index is 12.9. The number of hydrogen-bond acceptors (Lipinski definition) is 4. The second kappa shape index (κ2) is 9.96. The van der Waals surface area contributed by atoms with E-state index in [4.69, 9.17) is 21.1 Å². The second-order valence-corrected chi connectivity index (χ2v) is 8.34. The van der Waals surface area contributed by atoms with Crippen molar-refractivity contribution in [2.75, 3.05) is 19.0 Å². The molecule has 0 bridgehead atoms. The molecule has 1 unspecified atom stereocenters. The molecule has 0 saturated heterocycles. The summed E-state index contributed by atoms with van der Waals surface area (Å²) < 4.78 is 11.1. The van der Waals surface area contributed by atoms with Gasteiger partial charge in [0.15, 0.2) is 6.10 Å². The summed E-state index contributed by atoms with van der Waals surface area (Å²) in [4.78, 5) is 27.3. The van der Waals surface area contributed by atoms with E-state index in [1.54, 1.807) is 55.3 Å². The number of rotatable bonds is 6. The van der Waals surface area contributed by atoms with Crippen LogP contribution in [0.5, 0.6) is 11.5 Å². The smallest absolute Gasteiger partial charge is 0.263 e. The van der Waals surface area contributed by atoms with Gasteiger partial charge in [0.25, 0.3) is 11.8 Å². The molecule has 0 aromatic heterocycles. The van der Waals surface area contributed by atoms with Crippen LogP contribution in [0.25, 0.3) is 0 Å². The number of nitrogens with zero attached hydrogens (tertiary/aromatic N) is 1. The lowest BCUT2D eigenvalue weighted by Gasteiger charge is -2.22.